The van der Waals surface area contributed by atoms with Crippen molar-refractivity contribution in [1.82, 2.24) is 5.32 Å². The van der Waals surface area contributed by atoms with E-state index in [2.05, 4.69) is 24.4 Å². The second-order valence-corrected chi connectivity index (χ2v) is 5.10. The fourth-order valence-corrected chi connectivity index (χ4v) is 2.10. The van der Waals surface area contributed by atoms with Gasteiger partial charge in [-0.05, 0) is 49.2 Å². The van der Waals surface area contributed by atoms with E-state index in [1.54, 1.807) is 25.1 Å². The molecule has 0 aliphatic heterocycles. The van der Waals surface area contributed by atoms with E-state index >= 15 is 0 Å². The summed E-state index contributed by atoms with van der Waals surface area (Å²) in [6, 6.07) is 13.5. The Labute approximate surface area is 126 Å². The summed E-state index contributed by atoms with van der Waals surface area (Å²) in [5, 5.41) is 3.30. The van der Waals surface area contributed by atoms with Crippen molar-refractivity contribution in [1.29, 1.82) is 0 Å². The minimum atomic E-state index is -0.278. The van der Waals surface area contributed by atoms with E-state index in [0.717, 1.165) is 25.1 Å². The first-order valence-corrected chi connectivity index (χ1v) is 7.37. The van der Waals surface area contributed by atoms with E-state index in [9.17, 15) is 4.39 Å². The molecule has 2 nitrogen and oxygen atoms in total. The molecule has 0 saturated heterocycles. The van der Waals surface area contributed by atoms with Gasteiger partial charge in [0.2, 0.25) is 0 Å². The summed E-state index contributed by atoms with van der Waals surface area (Å²) in [5.74, 6) is 0.0333. The van der Waals surface area contributed by atoms with Gasteiger partial charge in [0.1, 0.15) is 6.61 Å². The van der Waals surface area contributed by atoms with E-state index in [4.69, 9.17) is 4.74 Å². The Morgan fingerprint density at radius 1 is 1.05 bits per heavy atom. The summed E-state index contributed by atoms with van der Waals surface area (Å²) in [6.45, 7) is 6.20. The van der Waals surface area contributed by atoms with Crippen molar-refractivity contribution < 1.29 is 9.13 Å². The molecule has 0 unspecified atom stereocenters. The highest BCUT2D eigenvalue weighted by Gasteiger charge is 2.05. The second kappa shape index (κ2) is 7.79. The number of ether oxygens (including phenoxy) is 1. The predicted molar refractivity (Wildman–Crippen MR) is 84.2 cm³/mol. The maximum atomic E-state index is 13.8. The van der Waals surface area contributed by atoms with Crippen LogP contribution in [-0.4, -0.2) is 13.1 Å². The highest BCUT2D eigenvalue weighted by molar-refractivity contribution is 5.30. The maximum Gasteiger partial charge on any atom is 0.167 e. The first-order chi connectivity index (χ1) is 10.2. The lowest BCUT2D eigenvalue weighted by Crippen LogP contribution is -2.15. The molecular weight excluding hydrogens is 265 g/mol. The molecule has 0 atom stereocenters. The topological polar surface area (TPSA) is 21.3 Å². The van der Waals surface area contributed by atoms with Crippen LogP contribution in [0.3, 0.4) is 0 Å². The van der Waals surface area contributed by atoms with Gasteiger partial charge in [-0.15, -0.1) is 0 Å². The average Bonchev–Trinajstić information content (AvgIpc) is 2.50. The molecule has 2 rings (SSSR count). The summed E-state index contributed by atoms with van der Waals surface area (Å²) in [4.78, 5) is 0. The number of halogens is 1. The minimum absolute atomic E-state index is 0.278. The quantitative estimate of drug-likeness (QED) is 0.781. The zero-order valence-electron chi connectivity index (χ0n) is 12.7. The first-order valence-electron chi connectivity index (χ1n) is 7.37. The summed E-state index contributed by atoms with van der Waals surface area (Å²) in [5.41, 5.74) is 2.94. The molecule has 0 bridgehead atoms. The summed E-state index contributed by atoms with van der Waals surface area (Å²) >= 11 is 0. The third-order valence-electron chi connectivity index (χ3n) is 3.41. The van der Waals surface area contributed by atoms with E-state index in [1.807, 2.05) is 12.1 Å². The lowest BCUT2D eigenvalue weighted by molar-refractivity contribution is 0.289. The van der Waals surface area contributed by atoms with Crippen LogP contribution < -0.4 is 10.1 Å². The number of rotatable bonds is 7. The fraction of sp³-hybridized carbons (Fsp3) is 0.333. The Morgan fingerprint density at radius 3 is 2.48 bits per heavy atom. The fourth-order valence-electron chi connectivity index (χ4n) is 2.10. The molecule has 0 radical (unpaired) electrons. The van der Waals surface area contributed by atoms with E-state index in [1.165, 1.54) is 5.56 Å². The molecule has 0 aliphatic carbocycles. The van der Waals surface area contributed by atoms with Gasteiger partial charge in [-0.3, -0.25) is 0 Å². The van der Waals surface area contributed by atoms with Crippen LogP contribution >= 0.6 is 0 Å². The molecular formula is C18H22FNO. The van der Waals surface area contributed by atoms with Gasteiger partial charge in [-0.25, -0.2) is 4.39 Å². The third kappa shape index (κ3) is 4.57. The predicted octanol–water partition coefficient (Wildman–Crippen LogP) is 3.87. The zero-order valence-corrected chi connectivity index (χ0v) is 12.7. The Morgan fingerprint density at radius 2 is 1.76 bits per heavy atom. The van der Waals surface area contributed by atoms with Crippen LogP contribution in [0.1, 0.15) is 23.6 Å². The van der Waals surface area contributed by atoms with Crippen molar-refractivity contribution in [2.45, 2.75) is 26.9 Å². The summed E-state index contributed by atoms with van der Waals surface area (Å²) in [6.07, 6.45) is 1.02. The van der Waals surface area contributed by atoms with Crippen LogP contribution in [0.2, 0.25) is 0 Å². The molecule has 0 saturated carbocycles. The van der Waals surface area contributed by atoms with Crippen molar-refractivity contribution in [2.75, 3.05) is 13.1 Å². The number of benzene rings is 2. The standard InChI is InChI=1S/C18H22FNO/c1-3-20-12-11-15-7-9-16(10-8-15)13-21-17-6-4-5-14(2)18(17)19/h4-10,20H,3,11-13H2,1-2H3. The number of hydrogen-bond acceptors (Lipinski definition) is 2. The Kier molecular flexibility index (Phi) is 5.76. The highest BCUT2D eigenvalue weighted by atomic mass is 19.1. The number of likely N-dealkylation sites (N-methyl/N-ethyl adjacent to an activating group) is 1. The largest absolute Gasteiger partial charge is 0.486 e. The van der Waals surface area contributed by atoms with E-state index in [-0.39, 0.29) is 5.82 Å². The molecule has 1 N–H and O–H groups in total. The summed E-state index contributed by atoms with van der Waals surface area (Å²) in [7, 11) is 0. The second-order valence-electron chi connectivity index (χ2n) is 5.10. The van der Waals surface area contributed by atoms with Crippen molar-refractivity contribution >= 4 is 0 Å². The van der Waals surface area contributed by atoms with Gasteiger partial charge in [0.25, 0.3) is 0 Å². The van der Waals surface area contributed by atoms with Crippen LogP contribution in [0.5, 0.6) is 5.75 Å². The molecule has 0 aliphatic rings. The Balaban J connectivity index is 1.90. The van der Waals surface area contributed by atoms with Crippen LogP contribution in [0.25, 0.3) is 0 Å². The first kappa shape index (κ1) is 15.5. The molecule has 112 valence electrons. The number of aryl methyl sites for hydroxylation is 1. The van der Waals surface area contributed by atoms with Crippen molar-refractivity contribution in [2.24, 2.45) is 0 Å². The van der Waals surface area contributed by atoms with Crippen molar-refractivity contribution in [3.05, 3.63) is 65.0 Å². The lowest BCUT2D eigenvalue weighted by atomic mass is 10.1. The zero-order chi connectivity index (χ0) is 15.1. The van der Waals surface area contributed by atoms with Gasteiger partial charge in [-0.2, -0.15) is 0 Å². The Hall–Kier alpha value is -1.87. The number of hydrogen-bond donors (Lipinski definition) is 1. The lowest BCUT2D eigenvalue weighted by Gasteiger charge is -2.09. The van der Waals surface area contributed by atoms with Crippen LogP contribution in [0, 0.1) is 12.7 Å². The molecule has 0 spiro atoms. The average molecular weight is 287 g/mol. The van der Waals surface area contributed by atoms with Gasteiger partial charge < -0.3 is 10.1 Å². The van der Waals surface area contributed by atoms with Crippen LogP contribution in [-0.2, 0) is 13.0 Å². The van der Waals surface area contributed by atoms with E-state index < -0.39 is 0 Å². The normalized spacial score (nSPS) is 10.6. The molecule has 0 heterocycles. The van der Waals surface area contributed by atoms with Gasteiger partial charge >= 0.3 is 0 Å². The van der Waals surface area contributed by atoms with Gasteiger partial charge in [0.15, 0.2) is 11.6 Å². The molecule has 2 aromatic rings. The smallest absolute Gasteiger partial charge is 0.167 e. The third-order valence-corrected chi connectivity index (χ3v) is 3.41. The molecule has 0 amide bonds. The maximum absolute atomic E-state index is 13.8. The highest BCUT2D eigenvalue weighted by Crippen LogP contribution is 2.20. The van der Waals surface area contributed by atoms with Crippen LogP contribution in [0.4, 0.5) is 4.39 Å². The molecule has 3 heteroatoms. The van der Waals surface area contributed by atoms with Gasteiger partial charge in [0.05, 0.1) is 0 Å². The molecule has 21 heavy (non-hydrogen) atoms. The van der Waals surface area contributed by atoms with Gasteiger partial charge in [0, 0.05) is 0 Å². The van der Waals surface area contributed by atoms with Gasteiger partial charge in [-0.1, -0.05) is 43.3 Å². The van der Waals surface area contributed by atoms with E-state index in [0.29, 0.717) is 17.9 Å². The molecule has 0 fully saturated rings. The Bertz CT molecular complexity index is 566. The summed E-state index contributed by atoms with van der Waals surface area (Å²) < 4.78 is 19.4. The van der Waals surface area contributed by atoms with Crippen LogP contribution in [0.15, 0.2) is 42.5 Å². The number of nitrogens with one attached hydrogen (secondary N) is 1. The van der Waals surface area contributed by atoms with Crippen molar-refractivity contribution in [3.63, 3.8) is 0 Å². The molecule has 2 aromatic carbocycles. The van der Waals surface area contributed by atoms with Crippen molar-refractivity contribution in [3.8, 4) is 5.75 Å². The monoisotopic (exact) mass is 287 g/mol. The minimum Gasteiger partial charge on any atom is -0.486 e. The SMILES string of the molecule is CCNCCc1ccc(COc2cccc(C)c2F)cc1. The molecule has 0 aromatic heterocycles.